The Labute approximate surface area is 127 Å². The molecule has 2 aliphatic rings. The van der Waals surface area contributed by atoms with Crippen molar-refractivity contribution in [3.05, 3.63) is 29.8 Å². The third-order valence-corrected chi connectivity index (χ3v) is 4.98. The van der Waals surface area contributed by atoms with Gasteiger partial charge in [0.15, 0.2) is 5.78 Å². The summed E-state index contributed by atoms with van der Waals surface area (Å²) in [5.74, 6) is 1.18. The molecule has 0 saturated carbocycles. The lowest BCUT2D eigenvalue weighted by molar-refractivity contribution is 0.0762. The highest BCUT2D eigenvalue weighted by Gasteiger charge is 2.41. The van der Waals surface area contributed by atoms with Gasteiger partial charge in [0.1, 0.15) is 5.75 Å². The lowest BCUT2D eigenvalue weighted by Crippen LogP contribution is -2.42. The molecule has 2 fully saturated rings. The molecule has 0 amide bonds. The number of hydrogen-bond donors (Lipinski definition) is 0. The van der Waals surface area contributed by atoms with E-state index in [0.29, 0.717) is 12.1 Å². The smallest absolute Gasteiger partial charge is 0.169 e. The maximum atomic E-state index is 12.9. The standard InChI is InChI=1S/C18H25NO2/c1-12(2)21-17-7-5-4-6-16(17)18(20)13-10-14-8-9-15(11-13)19(14)3/h4-7,12-15H,8-11H2,1-3H3. The zero-order valence-corrected chi connectivity index (χ0v) is 13.2. The molecule has 2 bridgehead atoms. The van der Waals surface area contributed by atoms with Gasteiger partial charge < -0.3 is 9.64 Å². The molecule has 1 aromatic rings. The average Bonchev–Trinajstić information content (AvgIpc) is 2.68. The van der Waals surface area contributed by atoms with Gasteiger partial charge in [0.25, 0.3) is 0 Å². The first-order valence-corrected chi connectivity index (χ1v) is 8.08. The van der Waals surface area contributed by atoms with Crippen molar-refractivity contribution in [3.8, 4) is 5.75 Å². The molecule has 0 spiro atoms. The molecule has 21 heavy (non-hydrogen) atoms. The number of benzene rings is 1. The van der Waals surface area contributed by atoms with Crippen LogP contribution < -0.4 is 4.74 Å². The second kappa shape index (κ2) is 5.80. The van der Waals surface area contributed by atoms with Gasteiger partial charge in [-0.2, -0.15) is 0 Å². The highest BCUT2D eigenvalue weighted by atomic mass is 16.5. The summed E-state index contributed by atoms with van der Waals surface area (Å²) in [6.45, 7) is 3.99. The Morgan fingerprint density at radius 1 is 1.19 bits per heavy atom. The molecule has 3 heteroatoms. The summed E-state index contributed by atoms with van der Waals surface area (Å²) in [5.41, 5.74) is 0.764. The minimum Gasteiger partial charge on any atom is -0.490 e. The van der Waals surface area contributed by atoms with E-state index in [-0.39, 0.29) is 17.8 Å². The average molecular weight is 287 g/mol. The number of carbonyl (C=O) groups is 1. The summed E-state index contributed by atoms with van der Waals surface area (Å²) in [7, 11) is 2.21. The number of fused-ring (bicyclic) bond motifs is 2. The number of Topliss-reactive ketones (excluding diaryl/α,β-unsaturated/α-hetero) is 1. The van der Waals surface area contributed by atoms with E-state index in [1.165, 1.54) is 12.8 Å². The van der Waals surface area contributed by atoms with Crippen LogP contribution in [0.4, 0.5) is 0 Å². The van der Waals surface area contributed by atoms with Crippen molar-refractivity contribution >= 4 is 5.78 Å². The van der Waals surface area contributed by atoms with E-state index >= 15 is 0 Å². The van der Waals surface area contributed by atoms with Crippen molar-refractivity contribution in [2.24, 2.45) is 5.92 Å². The number of carbonyl (C=O) groups excluding carboxylic acids is 1. The largest absolute Gasteiger partial charge is 0.490 e. The van der Waals surface area contributed by atoms with E-state index in [4.69, 9.17) is 4.74 Å². The molecule has 2 aliphatic heterocycles. The number of piperidine rings is 1. The van der Waals surface area contributed by atoms with E-state index in [1.54, 1.807) is 0 Å². The summed E-state index contributed by atoms with van der Waals surface area (Å²) >= 11 is 0. The highest BCUT2D eigenvalue weighted by molar-refractivity contribution is 6.00. The Morgan fingerprint density at radius 2 is 1.81 bits per heavy atom. The van der Waals surface area contributed by atoms with Crippen LogP contribution in [0.5, 0.6) is 5.75 Å². The minimum absolute atomic E-state index is 0.0904. The Morgan fingerprint density at radius 3 is 2.43 bits per heavy atom. The van der Waals surface area contributed by atoms with Crippen LogP contribution in [-0.2, 0) is 0 Å². The van der Waals surface area contributed by atoms with Gasteiger partial charge in [0.05, 0.1) is 11.7 Å². The van der Waals surface area contributed by atoms with Crippen molar-refractivity contribution in [1.82, 2.24) is 4.90 Å². The van der Waals surface area contributed by atoms with Gasteiger partial charge in [-0.25, -0.2) is 0 Å². The normalized spacial score (nSPS) is 28.9. The van der Waals surface area contributed by atoms with Crippen LogP contribution in [0.3, 0.4) is 0 Å². The Bertz CT molecular complexity index is 512. The molecule has 0 aromatic heterocycles. The van der Waals surface area contributed by atoms with Crippen molar-refractivity contribution in [3.63, 3.8) is 0 Å². The first-order chi connectivity index (χ1) is 10.1. The van der Waals surface area contributed by atoms with Crippen molar-refractivity contribution in [2.75, 3.05) is 7.05 Å². The molecule has 2 heterocycles. The van der Waals surface area contributed by atoms with Crippen LogP contribution in [0.15, 0.2) is 24.3 Å². The molecule has 3 rings (SSSR count). The molecule has 2 unspecified atom stereocenters. The summed E-state index contributed by atoms with van der Waals surface area (Å²) in [6, 6.07) is 8.89. The second-order valence-corrected chi connectivity index (χ2v) is 6.75. The minimum atomic E-state index is 0.0904. The van der Waals surface area contributed by atoms with Crippen molar-refractivity contribution in [1.29, 1.82) is 0 Å². The number of para-hydroxylation sites is 1. The third kappa shape index (κ3) is 2.84. The van der Waals surface area contributed by atoms with E-state index < -0.39 is 0 Å². The maximum Gasteiger partial charge on any atom is 0.169 e. The van der Waals surface area contributed by atoms with Crippen LogP contribution in [0.2, 0.25) is 0 Å². The summed E-state index contributed by atoms with van der Waals surface area (Å²) in [5, 5.41) is 0. The molecular formula is C18H25NO2. The molecule has 0 N–H and O–H groups in total. The van der Waals surface area contributed by atoms with Gasteiger partial charge in [-0.1, -0.05) is 12.1 Å². The fourth-order valence-electron chi connectivity index (χ4n) is 3.87. The van der Waals surface area contributed by atoms with E-state index in [1.807, 2.05) is 38.1 Å². The second-order valence-electron chi connectivity index (χ2n) is 6.75. The molecule has 3 nitrogen and oxygen atoms in total. The van der Waals surface area contributed by atoms with Gasteiger partial charge in [-0.05, 0) is 58.7 Å². The lowest BCUT2D eigenvalue weighted by atomic mass is 9.85. The molecule has 2 saturated heterocycles. The maximum absolute atomic E-state index is 12.9. The topological polar surface area (TPSA) is 29.5 Å². The van der Waals surface area contributed by atoms with E-state index in [9.17, 15) is 4.79 Å². The Hall–Kier alpha value is -1.35. The third-order valence-electron chi connectivity index (χ3n) is 4.98. The number of hydrogen-bond acceptors (Lipinski definition) is 3. The number of ketones is 1. The fraction of sp³-hybridized carbons (Fsp3) is 0.611. The SMILES string of the molecule is CC(C)Oc1ccccc1C(=O)C1CC2CCC(C1)N2C. The van der Waals surface area contributed by atoms with Crippen molar-refractivity contribution in [2.45, 2.75) is 57.7 Å². The number of ether oxygens (including phenoxy) is 1. The van der Waals surface area contributed by atoms with Crippen LogP contribution >= 0.6 is 0 Å². The van der Waals surface area contributed by atoms with Gasteiger partial charge >= 0.3 is 0 Å². The van der Waals surface area contributed by atoms with Gasteiger partial charge in [0.2, 0.25) is 0 Å². The highest BCUT2D eigenvalue weighted by Crippen LogP contribution is 2.39. The Balaban J connectivity index is 1.80. The summed E-state index contributed by atoms with van der Waals surface area (Å²) < 4.78 is 5.82. The summed E-state index contributed by atoms with van der Waals surface area (Å²) in [4.78, 5) is 15.4. The van der Waals surface area contributed by atoms with Crippen LogP contribution in [0.1, 0.15) is 49.9 Å². The molecule has 2 atom stereocenters. The monoisotopic (exact) mass is 287 g/mol. The zero-order valence-electron chi connectivity index (χ0n) is 13.2. The predicted octanol–water partition coefficient (Wildman–Crippen LogP) is 3.53. The van der Waals surface area contributed by atoms with Gasteiger partial charge in [0, 0.05) is 18.0 Å². The lowest BCUT2D eigenvalue weighted by Gasteiger charge is -2.35. The molecule has 1 aromatic carbocycles. The number of rotatable bonds is 4. The van der Waals surface area contributed by atoms with Crippen LogP contribution in [0.25, 0.3) is 0 Å². The van der Waals surface area contributed by atoms with Crippen molar-refractivity contribution < 1.29 is 9.53 Å². The number of nitrogens with zero attached hydrogens (tertiary/aromatic N) is 1. The Kier molecular flexibility index (Phi) is 4.03. The summed E-state index contributed by atoms with van der Waals surface area (Å²) in [6.07, 6.45) is 4.58. The van der Waals surface area contributed by atoms with Gasteiger partial charge in [-0.3, -0.25) is 4.79 Å². The fourth-order valence-corrected chi connectivity index (χ4v) is 3.87. The van der Waals surface area contributed by atoms with E-state index in [0.717, 1.165) is 24.2 Å². The van der Waals surface area contributed by atoms with Crippen LogP contribution in [0, 0.1) is 5.92 Å². The molecular weight excluding hydrogens is 262 g/mol. The predicted molar refractivity (Wildman–Crippen MR) is 83.8 cm³/mol. The van der Waals surface area contributed by atoms with Gasteiger partial charge in [-0.15, -0.1) is 0 Å². The van der Waals surface area contributed by atoms with Crippen LogP contribution in [-0.4, -0.2) is 35.9 Å². The van der Waals surface area contributed by atoms with E-state index in [2.05, 4.69) is 11.9 Å². The molecule has 0 aliphatic carbocycles. The first-order valence-electron chi connectivity index (χ1n) is 8.08. The quantitative estimate of drug-likeness (QED) is 0.793. The molecule has 0 radical (unpaired) electrons. The zero-order chi connectivity index (χ0) is 15.0. The first kappa shape index (κ1) is 14.6. The molecule has 114 valence electrons.